The molecule has 1 atom stereocenters. The van der Waals surface area contributed by atoms with Crippen molar-refractivity contribution in [2.75, 3.05) is 32.0 Å². The van der Waals surface area contributed by atoms with E-state index >= 15 is 0 Å². The molecule has 25 heavy (non-hydrogen) atoms. The van der Waals surface area contributed by atoms with Crippen LogP contribution in [0.4, 0.5) is 10.5 Å². The highest BCUT2D eigenvalue weighted by Gasteiger charge is 2.24. The number of amides is 2. The third-order valence-corrected chi connectivity index (χ3v) is 4.77. The number of urea groups is 1. The zero-order chi connectivity index (χ0) is 17.8. The van der Waals surface area contributed by atoms with Crippen LogP contribution in [0.3, 0.4) is 0 Å². The van der Waals surface area contributed by atoms with Gasteiger partial charge in [0.05, 0.1) is 0 Å². The Morgan fingerprint density at radius 1 is 1.08 bits per heavy atom. The van der Waals surface area contributed by atoms with Gasteiger partial charge in [-0.25, -0.2) is 4.79 Å². The van der Waals surface area contributed by atoms with Gasteiger partial charge in [0.1, 0.15) is 0 Å². The normalized spacial score (nSPS) is 18.7. The number of likely N-dealkylation sites (N-methyl/N-ethyl adjacent to an activating group) is 1. The van der Waals surface area contributed by atoms with Gasteiger partial charge >= 0.3 is 6.03 Å². The molecule has 1 aliphatic heterocycles. The van der Waals surface area contributed by atoms with E-state index < -0.39 is 0 Å². The number of benzene rings is 2. The van der Waals surface area contributed by atoms with Gasteiger partial charge in [-0.1, -0.05) is 42.0 Å². The van der Waals surface area contributed by atoms with Gasteiger partial charge in [-0.3, -0.25) is 0 Å². The summed E-state index contributed by atoms with van der Waals surface area (Å²) in [4.78, 5) is 17.0. The molecule has 1 fully saturated rings. The zero-order valence-electron chi connectivity index (χ0n) is 15.3. The van der Waals surface area contributed by atoms with Crippen LogP contribution in [0.15, 0.2) is 48.5 Å². The number of hydrogen-bond acceptors (Lipinski definition) is 2. The van der Waals surface area contributed by atoms with Gasteiger partial charge in [0.2, 0.25) is 0 Å². The highest BCUT2D eigenvalue weighted by molar-refractivity contribution is 5.90. The number of anilines is 1. The predicted molar refractivity (Wildman–Crippen MR) is 104 cm³/mol. The zero-order valence-corrected chi connectivity index (χ0v) is 15.3. The summed E-state index contributed by atoms with van der Waals surface area (Å²) in [6.07, 6.45) is 1.01. The van der Waals surface area contributed by atoms with Crippen molar-refractivity contribution in [1.29, 1.82) is 0 Å². The molecule has 0 radical (unpaired) electrons. The number of carbonyl (C=O) groups excluding carboxylic acids is 1. The van der Waals surface area contributed by atoms with Crippen LogP contribution < -0.4 is 5.32 Å². The minimum Gasteiger partial charge on any atom is -0.320 e. The van der Waals surface area contributed by atoms with Crippen molar-refractivity contribution >= 4 is 11.7 Å². The van der Waals surface area contributed by atoms with Gasteiger partial charge in [0, 0.05) is 24.8 Å². The van der Waals surface area contributed by atoms with Crippen molar-refractivity contribution in [3.63, 3.8) is 0 Å². The third-order valence-electron chi connectivity index (χ3n) is 4.77. The Kier molecular flexibility index (Phi) is 5.39. The molecular weight excluding hydrogens is 310 g/mol. The summed E-state index contributed by atoms with van der Waals surface area (Å²) in [5.41, 5.74) is 4.36. The monoisotopic (exact) mass is 337 g/mol. The first-order valence-electron chi connectivity index (χ1n) is 8.96. The van der Waals surface area contributed by atoms with Crippen molar-refractivity contribution in [3.05, 3.63) is 54.1 Å². The molecule has 0 bridgehead atoms. The smallest absolute Gasteiger partial charge is 0.320 e. The molecule has 2 amide bonds. The fourth-order valence-electron chi connectivity index (χ4n) is 3.47. The molecule has 0 saturated carbocycles. The minimum atomic E-state index is -0.0100. The Bertz CT molecular complexity index is 743. The fraction of sp³-hybridized carbons (Fsp3) is 0.381. The fourth-order valence-corrected chi connectivity index (χ4v) is 3.47. The van der Waals surface area contributed by atoms with E-state index in [1.165, 1.54) is 11.1 Å². The lowest BCUT2D eigenvalue weighted by Gasteiger charge is -2.28. The van der Waals surface area contributed by atoms with Gasteiger partial charge < -0.3 is 15.1 Å². The number of rotatable bonds is 2. The van der Waals surface area contributed by atoms with Crippen LogP contribution in [-0.4, -0.2) is 48.6 Å². The summed E-state index contributed by atoms with van der Waals surface area (Å²) in [5.74, 6) is 0. The lowest BCUT2D eigenvalue weighted by Crippen LogP contribution is -2.44. The van der Waals surface area contributed by atoms with Crippen LogP contribution >= 0.6 is 0 Å². The molecule has 0 spiro atoms. The SMILES string of the molecule is Cc1cccc(-c2cccc(NC(=O)N3CCCN(C)C[C@H]3C)c2)c1. The number of nitrogens with zero attached hydrogens (tertiary/aromatic N) is 2. The molecule has 1 aliphatic rings. The van der Waals surface area contributed by atoms with Crippen LogP contribution in [0.2, 0.25) is 0 Å². The van der Waals surface area contributed by atoms with E-state index in [0.717, 1.165) is 37.3 Å². The van der Waals surface area contributed by atoms with Crippen molar-refractivity contribution in [2.45, 2.75) is 26.3 Å². The van der Waals surface area contributed by atoms with E-state index in [2.05, 4.69) is 61.4 Å². The van der Waals surface area contributed by atoms with E-state index in [1.54, 1.807) is 0 Å². The number of hydrogen-bond donors (Lipinski definition) is 1. The Labute approximate surface area is 150 Å². The lowest BCUT2D eigenvalue weighted by atomic mass is 10.0. The number of carbonyl (C=O) groups is 1. The van der Waals surface area contributed by atoms with Crippen molar-refractivity contribution in [1.82, 2.24) is 9.80 Å². The van der Waals surface area contributed by atoms with Gasteiger partial charge in [0.15, 0.2) is 0 Å². The molecule has 1 N–H and O–H groups in total. The predicted octanol–water partition coefficient (Wildman–Crippen LogP) is 4.22. The Morgan fingerprint density at radius 3 is 2.56 bits per heavy atom. The van der Waals surface area contributed by atoms with Gasteiger partial charge in [-0.05, 0) is 57.1 Å². The van der Waals surface area contributed by atoms with Crippen LogP contribution in [0, 0.1) is 6.92 Å². The standard InChI is InChI=1S/C21H27N3O/c1-16-7-4-8-18(13-16)19-9-5-10-20(14-19)22-21(25)24-12-6-11-23(3)15-17(24)2/h4-5,7-10,13-14,17H,6,11-12,15H2,1-3H3,(H,22,25)/t17-/m1/s1. The van der Waals surface area contributed by atoms with Crippen molar-refractivity contribution in [2.24, 2.45) is 0 Å². The summed E-state index contributed by atoms with van der Waals surface area (Å²) in [6.45, 7) is 6.96. The van der Waals surface area contributed by atoms with E-state index in [9.17, 15) is 4.79 Å². The first-order chi connectivity index (χ1) is 12.0. The highest BCUT2D eigenvalue weighted by Crippen LogP contribution is 2.24. The van der Waals surface area contributed by atoms with E-state index in [1.807, 2.05) is 23.1 Å². The van der Waals surface area contributed by atoms with E-state index in [0.29, 0.717) is 0 Å². The Hall–Kier alpha value is -2.33. The van der Waals surface area contributed by atoms with Crippen LogP contribution in [0.5, 0.6) is 0 Å². The van der Waals surface area contributed by atoms with Gasteiger partial charge in [-0.2, -0.15) is 0 Å². The van der Waals surface area contributed by atoms with Crippen molar-refractivity contribution in [3.8, 4) is 11.1 Å². The maximum atomic E-state index is 12.7. The van der Waals surface area contributed by atoms with E-state index in [4.69, 9.17) is 0 Å². The Morgan fingerprint density at radius 2 is 1.80 bits per heavy atom. The largest absolute Gasteiger partial charge is 0.322 e. The molecule has 4 nitrogen and oxygen atoms in total. The summed E-state index contributed by atoms with van der Waals surface area (Å²) in [5, 5.41) is 3.08. The topological polar surface area (TPSA) is 35.6 Å². The summed E-state index contributed by atoms with van der Waals surface area (Å²) in [6, 6.07) is 16.7. The molecule has 1 saturated heterocycles. The molecule has 0 aromatic heterocycles. The number of aryl methyl sites for hydroxylation is 1. The first-order valence-corrected chi connectivity index (χ1v) is 8.96. The second kappa shape index (κ2) is 7.70. The molecule has 0 unspecified atom stereocenters. The molecule has 4 heteroatoms. The molecule has 0 aliphatic carbocycles. The van der Waals surface area contributed by atoms with E-state index in [-0.39, 0.29) is 12.1 Å². The molecule has 2 aromatic carbocycles. The van der Waals surface area contributed by atoms with Crippen molar-refractivity contribution < 1.29 is 4.79 Å². The van der Waals surface area contributed by atoms with Gasteiger partial charge in [-0.15, -0.1) is 0 Å². The minimum absolute atomic E-state index is 0.0100. The maximum Gasteiger partial charge on any atom is 0.322 e. The highest BCUT2D eigenvalue weighted by atomic mass is 16.2. The molecule has 1 heterocycles. The lowest BCUT2D eigenvalue weighted by molar-refractivity contribution is 0.190. The molecule has 3 rings (SSSR count). The van der Waals surface area contributed by atoms with Gasteiger partial charge in [0.25, 0.3) is 0 Å². The second-order valence-corrected chi connectivity index (χ2v) is 7.04. The maximum absolute atomic E-state index is 12.7. The van der Waals surface area contributed by atoms with Crippen LogP contribution in [0.25, 0.3) is 11.1 Å². The van der Waals surface area contributed by atoms with Crippen LogP contribution in [0.1, 0.15) is 18.9 Å². The summed E-state index contributed by atoms with van der Waals surface area (Å²) >= 11 is 0. The average molecular weight is 337 g/mol. The summed E-state index contributed by atoms with van der Waals surface area (Å²) in [7, 11) is 2.11. The van der Waals surface area contributed by atoms with Crippen LogP contribution in [-0.2, 0) is 0 Å². The first kappa shape index (κ1) is 17.5. The molecule has 132 valence electrons. The summed E-state index contributed by atoms with van der Waals surface area (Å²) < 4.78 is 0. The third kappa shape index (κ3) is 4.40. The number of nitrogens with one attached hydrogen (secondary N) is 1. The second-order valence-electron chi connectivity index (χ2n) is 7.04. The quantitative estimate of drug-likeness (QED) is 0.890. The molecular formula is C21H27N3O. The average Bonchev–Trinajstić information content (AvgIpc) is 2.75. The molecule has 2 aromatic rings. The Balaban J connectivity index is 1.74.